The van der Waals surface area contributed by atoms with Gasteiger partial charge in [0, 0.05) is 36.4 Å². The van der Waals surface area contributed by atoms with Crippen LogP contribution in [-0.2, 0) is 16.1 Å². The summed E-state index contributed by atoms with van der Waals surface area (Å²) in [5.74, 6) is -0.202. The molecule has 0 spiro atoms. The number of carbonyl (C=O) groups excluding carboxylic acids is 1. The zero-order valence-corrected chi connectivity index (χ0v) is 17.8. The topological polar surface area (TPSA) is 56.6 Å². The van der Waals surface area contributed by atoms with Crippen LogP contribution in [0.25, 0.3) is 0 Å². The first-order valence-corrected chi connectivity index (χ1v) is 10.3. The highest BCUT2D eigenvalue weighted by molar-refractivity contribution is 6.32. The van der Waals surface area contributed by atoms with Gasteiger partial charge in [-0.25, -0.2) is 0 Å². The minimum absolute atomic E-state index is 0.185. The third-order valence-electron chi connectivity index (χ3n) is 5.05. The molecule has 2 aromatic rings. The van der Waals surface area contributed by atoms with Gasteiger partial charge < -0.3 is 9.64 Å². The summed E-state index contributed by atoms with van der Waals surface area (Å²) in [5, 5.41) is 10.3. The molecule has 1 aliphatic heterocycles. The van der Waals surface area contributed by atoms with E-state index in [2.05, 4.69) is 15.9 Å². The molecule has 0 N–H and O–H groups in total. The van der Waals surface area contributed by atoms with Crippen molar-refractivity contribution in [1.29, 1.82) is 5.26 Å². The van der Waals surface area contributed by atoms with Gasteiger partial charge in [0.2, 0.25) is 0 Å². The summed E-state index contributed by atoms with van der Waals surface area (Å²) < 4.78 is 5.08. The lowest BCUT2D eigenvalue weighted by Gasteiger charge is -2.32. The number of hydrogen-bond acceptors (Lipinski definition) is 5. The first-order chi connectivity index (χ1) is 14.0. The summed E-state index contributed by atoms with van der Waals surface area (Å²) in [4.78, 5) is 16.2. The zero-order chi connectivity index (χ0) is 20.8. The minimum Gasteiger partial charge on any atom is -0.465 e. The van der Waals surface area contributed by atoms with Crippen LogP contribution in [0.15, 0.2) is 42.5 Å². The fourth-order valence-corrected chi connectivity index (χ4v) is 4.03. The van der Waals surface area contributed by atoms with Crippen molar-refractivity contribution in [3.63, 3.8) is 0 Å². The van der Waals surface area contributed by atoms with E-state index in [1.165, 1.54) is 0 Å². The summed E-state index contributed by atoms with van der Waals surface area (Å²) in [6, 6.07) is 15.5. The van der Waals surface area contributed by atoms with E-state index in [4.69, 9.17) is 27.9 Å². The molecule has 29 heavy (non-hydrogen) atoms. The second-order valence-electron chi connectivity index (χ2n) is 6.98. The maximum atomic E-state index is 11.9. The van der Waals surface area contributed by atoms with Gasteiger partial charge in [0.25, 0.3) is 0 Å². The van der Waals surface area contributed by atoms with E-state index < -0.39 is 0 Å². The van der Waals surface area contributed by atoms with Gasteiger partial charge in [0.1, 0.15) is 6.07 Å². The quantitative estimate of drug-likeness (QED) is 0.603. The minimum atomic E-state index is -0.202. The molecule has 7 heteroatoms. The van der Waals surface area contributed by atoms with Gasteiger partial charge in [-0.1, -0.05) is 41.4 Å². The average molecular weight is 432 g/mol. The predicted molar refractivity (Wildman–Crippen MR) is 115 cm³/mol. The van der Waals surface area contributed by atoms with Gasteiger partial charge in [-0.05, 0) is 43.2 Å². The molecule has 1 aliphatic rings. The van der Waals surface area contributed by atoms with Crippen molar-refractivity contribution in [3.05, 3.63) is 63.6 Å². The molecule has 0 aromatic heterocycles. The molecule has 2 aromatic carbocycles. The van der Waals surface area contributed by atoms with Crippen molar-refractivity contribution in [2.24, 2.45) is 0 Å². The van der Waals surface area contributed by atoms with Crippen LogP contribution in [0.3, 0.4) is 0 Å². The van der Waals surface area contributed by atoms with Crippen LogP contribution in [0.5, 0.6) is 0 Å². The van der Waals surface area contributed by atoms with Gasteiger partial charge in [0.05, 0.1) is 23.7 Å². The lowest BCUT2D eigenvalue weighted by molar-refractivity contribution is -0.144. The lowest BCUT2D eigenvalue weighted by Crippen LogP contribution is -2.38. The molecule has 0 radical (unpaired) electrons. The molecular formula is C22H23Cl2N3O2. The molecule has 1 heterocycles. The first-order valence-electron chi connectivity index (χ1n) is 9.59. The van der Waals surface area contributed by atoms with Crippen LogP contribution in [0.4, 0.5) is 5.69 Å². The van der Waals surface area contributed by atoms with Gasteiger partial charge in [0.15, 0.2) is 0 Å². The van der Waals surface area contributed by atoms with E-state index in [-0.39, 0.29) is 12.0 Å². The molecule has 1 fully saturated rings. The Morgan fingerprint density at radius 2 is 2.07 bits per heavy atom. The van der Waals surface area contributed by atoms with E-state index >= 15 is 0 Å². The molecule has 1 saturated heterocycles. The number of ether oxygens (including phenoxy) is 1. The highest BCUT2D eigenvalue weighted by atomic mass is 35.5. The Balaban J connectivity index is 1.84. The van der Waals surface area contributed by atoms with E-state index in [1.807, 2.05) is 43.3 Å². The van der Waals surface area contributed by atoms with Gasteiger partial charge in [-0.2, -0.15) is 5.26 Å². The second-order valence-corrected chi connectivity index (χ2v) is 7.79. The Labute approximate surface area is 181 Å². The summed E-state index contributed by atoms with van der Waals surface area (Å²) >= 11 is 12.7. The number of rotatable bonds is 7. The first kappa shape index (κ1) is 21.4. The van der Waals surface area contributed by atoms with Gasteiger partial charge >= 0.3 is 5.97 Å². The number of carbonyl (C=O) groups is 1. The van der Waals surface area contributed by atoms with Crippen LogP contribution < -0.4 is 4.90 Å². The summed E-state index contributed by atoms with van der Waals surface area (Å²) in [6.45, 7) is 4.65. The van der Waals surface area contributed by atoms with Crippen LogP contribution in [0.2, 0.25) is 10.0 Å². The van der Waals surface area contributed by atoms with Gasteiger partial charge in [-0.3, -0.25) is 9.69 Å². The average Bonchev–Trinajstić information content (AvgIpc) is 3.15. The number of hydrogen-bond donors (Lipinski definition) is 0. The number of anilines is 1. The fourth-order valence-electron chi connectivity index (χ4n) is 3.61. The third-order valence-corrected chi connectivity index (χ3v) is 5.73. The van der Waals surface area contributed by atoms with E-state index in [1.54, 1.807) is 6.07 Å². The largest absolute Gasteiger partial charge is 0.465 e. The number of benzene rings is 2. The third kappa shape index (κ3) is 5.42. The van der Waals surface area contributed by atoms with Crippen molar-refractivity contribution >= 4 is 34.9 Å². The standard InChI is InChI=1S/C22H23Cl2N3O2/c1-2-29-22(28)15-26-10-9-19(14-26)27(13-17-5-3-4-6-20(17)23)18-8-7-16(12-25)21(24)11-18/h3-8,11,19H,2,9-10,13-15H2,1H3/t19-/m0/s1. The van der Waals surface area contributed by atoms with Gasteiger partial charge in [-0.15, -0.1) is 0 Å². The van der Waals surface area contributed by atoms with Crippen LogP contribution >= 0.6 is 23.2 Å². The van der Waals surface area contributed by atoms with Crippen molar-refractivity contribution in [2.75, 3.05) is 31.1 Å². The highest BCUT2D eigenvalue weighted by Gasteiger charge is 2.30. The number of esters is 1. The molecule has 1 atom stereocenters. The SMILES string of the molecule is CCOC(=O)CN1CC[C@H](N(Cc2ccccc2Cl)c2ccc(C#N)c(Cl)c2)C1. The summed E-state index contributed by atoms with van der Waals surface area (Å²) in [5.41, 5.74) is 2.39. The second kappa shape index (κ2) is 9.98. The molecule has 0 bridgehead atoms. The van der Waals surface area contributed by atoms with Crippen molar-refractivity contribution in [3.8, 4) is 6.07 Å². The maximum Gasteiger partial charge on any atom is 0.320 e. The highest BCUT2D eigenvalue weighted by Crippen LogP contribution is 2.30. The molecule has 0 unspecified atom stereocenters. The molecular weight excluding hydrogens is 409 g/mol. The number of likely N-dealkylation sites (tertiary alicyclic amines) is 1. The number of nitrogens with zero attached hydrogens (tertiary/aromatic N) is 3. The number of nitriles is 1. The van der Waals surface area contributed by atoms with Crippen molar-refractivity contribution in [1.82, 2.24) is 4.90 Å². The van der Waals surface area contributed by atoms with E-state index in [0.717, 1.165) is 30.8 Å². The summed E-state index contributed by atoms with van der Waals surface area (Å²) in [7, 11) is 0. The molecule has 0 saturated carbocycles. The molecule has 0 aliphatic carbocycles. The zero-order valence-electron chi connectivity index (χ0n) is 16.3. The molecule has 5 nitrogen and oxygen atoms in total. The van der Waals surface area contributed by atoms with Crippen LogP contribution in [0.1, 0.15) is 24.5 Å². The molecule has 3 rings (SSSR count). The normalized spacial score (nSPS) is 16.4. The van der Waals surface area contributed by atoms with Crippen LogP contribution in [0, 0.1) is 11.3 Å². The van der Waals surface area contributed by atoms with Crippen LogP contribution in [-0.4, -0.2) is 43.2 Å². The Hall–Kier alpha value is -2.26. The van der Waals surface area contributed by atoms with E-state index in [9.17, 15) is 10.1 Å². The summed E-state index contributed by atoms with van der Waals surface area (Å²) in [6.07, 6.45) is 0.904. The monoisotopic (exact) mass is 431 g/mol. The van der Waals surface area contributed by atoms with E-state index in [0.29, 0.717) is 35.3 Å². The Morgan fingerprint density at radius 3 is 2.76 bits per heavy atom. The maximum absolute atomic E-state index is 11.9. The fraction of sp³-hybridized carbons (Fsp3) is 0.364. The van der Waals surface area contributed by atoms with Crippen molar-refractivity contribution in [2.45, 2.75) is 25.9 Å². The lowest BCUT2D eigenvalue weighted by atomic mass is 10.1. The molecule has 152 valence electrons. The Kier molecular flexibility index (Phi) is 7.38. The Morgan fingerprint density at radius 1 is 1.28 bits per heavy atom. The predicted octanol–water partition coefficient (Wildman–Crippen LogP) is 4.51. The molecule has 0 amide bonds. The smallest absolute Gasteiger partial charge is 0.320 e. The Bertz CT molecular complexity index is 913. The van der Waals surface area contributed by atoms with Crippen molar-refractivity contribution < 1.29 is 9.53 Å². The number of halogens is 2.